The van der Waals surface area contributed by atoms with Crippen molar-refractivity contribution in [2.24, 2.45) is 16.9 Å². The van der Waals surface area contributed by atoms with E-state index in [9.17, 15) is 24.0 Å². The van der Waals surface area contributed by atoms with Crippen LogP contribution in [0.3, 0.4) is 0 Å². The van der Waals surface area contributed by atoms with Gasteiger partial charge in [0.15, 0.2) is 0 Å². The van der Waals surface area contributed by atoms with Crippen molar-refractivity contribution in [2.45, 2.75) is 109 Å². The van der Waals surface area contributed by atoms with Gasteiger partial charge in [-0.2, -0.15) is 5.10 Å². The average Bonchev–Trinajstić information content (AvgIpc) is 3.96. The van der Waals surface area contributed by atoms with Crippen LogP contribution in [0.15, 0.2) is 65.8 Å². The molecular formula is C45H63N7O7. The molecule has 2 aromatic rings. The Morgan fingerprint density at radius 3 is 1.90 bits per heavy atom. The fourth-order valence-corrected chi connectivity index (χ4v) is 6.90. The van der Waals surface area contributed by atoms with Gasteiger partial charge in [0.1, 0.15) is 23.7 Å². The molecule has 59 heavy (non-hydrogen) atoms. The molecule has 2 heterocycles. The molecule has 5 N–H and O–H groups in total. The summed E-state index contributed by atoms with van der Waals surface area (Å²) in [6.45, 7) is 12.5. The second-order valence-electron chi connectivity index (χ2n) is 16.4. The molecule has 2 saturated heterocycles. The molecule has 0 spiro atoms. The summed E-state index contributed by atoms with van der Waals surface area (Å²) in [6.07, 6.45) is 7.46. The first-order valence-corrected chi connectivity index (χ1v) is 20.8. The fraction of sp³-hybridized carbons (Fsp3) is 0.556. The third-order valence-corrected chi connectivity index (χ3v) is 10.2. The third kappa shape index (κ3) is 16.2. The number of nitrogens with zero attached hydrogens (tertiary/aromatic N) is 2. The van der Waals surface area contributed by atoms with Crippen molar-refractivity contribution in [1.82, 2.24) is 31.6 Å². The van der Waals surface area contributed by atoms with Crippen molar-refractivity contribution in [1.29, 1.82) is 0 Å². The van der Waals surface area contributed by atoms with Crippen LogP contribution in [0.2, 0.25) is 0 Å². The normalized spacial score (nSPS) is 18.8. The van der Waals surface area contributed by atoms with E-state index in [1.165, 1.54) is 0 Å². The number of aryl methyl sites for hydroxylation is 1. The van der Waals surface area contributed by atoms with E-state index in [0.29, 0.717) is 57.9 Å². The topological polar surface area (TPSA) is 183 Å². The lowest BCUT2D eigenvalue weighted by Crippen LogP contribution is -2.59. The van der Waals surface area contributed by atoms with Gasteiger partial charge in [-0.05, 0) is 55.6 Å². The molecule has 14 heteroatoms. The lowest BCUT2D eigenvalue weighted by molar-refractivity contribution is -0.134. The van der Waals surface area contributed by atoms with Gasteiger partial charge >= 0.3 is 0 Å². The van der Waals surface area contributed by atoms with Crippen molar-refractivity contribution in [3.8, 4) is 12.3 Å². The highest BCUT2D eigenvalue weighted by molar-refractivity contribution is 6.02. The molecule has 5 atom stereocenters. The smallest absolute Gasteiger partial charge is 0.243 e. The van der Waals surface area contributed by atoms with Gasteiger partial charge in [-0.1, -0.05) is 88.4 Å². The zero-order valence-electron chi connectivity index (χ0n) is 35.3. The molecule has 2 aliphatic heterocycles. The number of rotatable bonds is 23. The molecule has 320 valence electrons. The van der Waals surface area contributed by atoms with Gasteiger partial charge in [-0.15, -0.1) is 12.3 Å². The van der Waals surface area contributed by atoms with Crippen LogP contribution in [0.1, 0.15) is 77.8 Å². The summed E-state index contributed by atoms with van der Waals surface area (Å²) in [6, 6.07) is 15.4. The first-order valence-electron chi connectivity index (χ1n) is 20.8. The predicted octanol–water partition coefficient (Wildman–Crippen LogP) is 2.90. The van der Waals surface area contributed by atoms with E-state index in [0.717, 1.165) is 11.1 Å². The Bertz CT molecular complexity index is 1750. The molecule has 0 bridgehead atoms. The summed E-state index contributed by atoms with van der Waals surface area (Å²) in [5, 5.41) is 16.4. The average molecular weight is 814 g/mol. The third-order valence-electron chi connectivity index (χ3n) is 10.2. The lowest BCUT2D eigenvalue weighted by atomic mass is 9.92. The number of carbonyl (C=O) groups is 5. The summed E-state index contributed by atoms with van der Waals surface area (Å²) in [4.78, 5) is 70.6. The van der Waals surface area contributed by atoms with E-state index in [1.807, 2.05) is 100 Å². The van der Waals surface area contributed by atoms with Crippen LogP contribution >= 0.6 is 0 Å². The number of carbonyl (C=O) groups excluding carboxylic acids is 5. The maximum Gasteiger partial charge on any atom is 0.243 e. The van der Waals surface area contributed by atoms with Gasteiger partial charge < -0.3 is 30.7 Å². The number of morpholine rings is 1. The second-order valence-corrected chi connectivity index (χ2v) is 16.4. The quantitative estimate of drug-likeness (QED) is 0.0492. The molecule has 0 saturated carbocycles. The molecular weight excluding hydrogens is 751 g/mol. The minimum absolute atomic E-state index is 0.00421. The largest absolute Gasteiger partial charge is 0.379 e. The van der Waals surface area contributed by atoms with Crippen LogP contribution in [0.5, 0.6) is 0 Å². The van der Waals surface area contributed by atoms with Crippen LogP contribution in [-0.4, -0.2) is 109 Å². The number of terminal acetylenes is 1. The molecule has 0 aliphatic carbocycles. The molecule has 4 rings (SSSR count). The molecule has 5 unspecified atom stereocenters. The van der Waals surface area contributed by atoms with Crippen LogP contribution in [-0.2, 0) is 46.3 Å². The highest BCUT2D eigenvalue weighted by Gasteiger charge is 2.49. The summed E-state index contributed by atoms with van der Waals surface area (Å²) in [7, 11) is 0. The highest BCUT2D eigenvalue weighted by atomic mass is 16.6. The Labute approximate surface area is 349 Å². The lowest BCUT2D eigenvalue weighted by Gasteiger charge is -2.29. The first-order chi connectivity index (χ1) is 28.3. The summed E-state index contributed by atoms with van der Waals surface area (Å²) < 4.78 is 11.2. The number of amides is 5. The van der Waals surface area contributed by atoms with Crippen molar-refractivity contribution in [3.05, 3.63) is 71.8 Å². The van der Waals surface area contributed by atoms with Crippen LogP contribution < -0.4 is 26.7 Å². The number of hydrazone groups is 1. The number of benzene rings is 2. The molecule has 0 aromatic heterocycles. The predicted molar refractivity (Wildman–Crippen MR) is 227 cm³/mol. The zero-order chi connectivity index (χ0) is 42.8. The van der Waals surface area contributed by atoms with Gasteiger partial charge in [-0.25, -0.2) is 5.43 Å². The van der Waals surface area contributed by atoms with Gasteiger partial charge in [0.05, 0.1) is 38.1 Å². The standard InChI is InChI=1S/C45H63N7O7/c1-7-8-19-39(53)50-51-41(45(6)30-59-45)36(26-31(2)3)47-44(57)38(28-34-17-13-10-14-18-34)49-43(56)37(27-32(4)5)48-42(55)35(21-20-33-15-11-9-12-16-33)46-40(54)29-52-22-24-58-25-23-52/h1,9-18,31-32,35-38H,8,19-30H2,2-6H3,(H,46,54)(H,47,57)(H,48,55)(H,49,56)(H,50,53). The van der Waals surface area contributed by atoms with Crippen molar-refractivity contribution >= 4 is 35.2 Å². The first kappa shape index (κ1) is 46.6. The van der Waals surface area contributed by atoms with E-state index in [1.54, 1.807) is 0 Å². The Kier molecular flexibility index (Phi) is 18.5. The SMILES string of the molecule is C#CCCC(=O)NN=C(C(CC(C)C)NC(=O)C(Cc1ccccc1)NC(=O)C(CC(C)C)NC(=O)C(CCc1ccccc1)NC(=O)CN1CCOCC1)C1(C)CO1. The van der Waals surface area contributed by atoms with Crippen LogP contribution in [0.25, 0.3) is 0 Å². The minimum Gasteiger partial charge on any atom is -0.379 e. The number of hydrogen-bond donors (Lipinski definition) is 5. The van der Waals surface area contributed by atoms with Gasteiger partial charge in [-0.3, -0.25) is 28.9 Å². The van der Waals surface area contributed by atoms with Gasteiger partial charge in [0.25, 0.3) is 0 Å². The Balaban J connectivity index is 1.56. The molecule has 2 aliphatic rings. The van der Waals surface area contributed by atoms with Crippen molar-refractivity contribution < 1.29 is 33.4 Å². The van der Waals surface area contributed by atoms with Gasteiger partial charge in [0.2, 0.25) is 29.5 Å². The minimum atomic E-state index is -1.05. The van der Waals surface area contributed by atoms with Crippen molar-refractivity contribution in [2.75, 3.05) is 39.5 Å². The molecule has 0 radical (unpaired) electrons. The van der Waals surface area contributed by atoms with E-state index in [2.05, 4.69) is 37.7 Å². The number of hydrogen-bond acceptors (Lipinski definition) is 9. The van der Waals surface area contributed by atoms with Gasteiger partial charge in [0, 0.05) is 32.4 Å². The molecule has 2 aromatic carbocycles. The summed E-state index contributed by atoms with van der Waals surface area (Å²) >= 11 is 0. The maximum absolute atomic E-state index is 14.4. The van der Waals surface area contributed by atoms with Crippen LogP contribution in [0, 0.1) is 24.2 Å². The fourth-order valence-electron chi connectivity index (χ4n) is 6.90. The highest BCUT2D eigenvalue weighted by Crippen LogP contribution is 2.31. The monoisotopic (exact) mass is 813 g/mol. The summed E-state index contributed by atoms with van der Waals surface area (Å²) in [5.74, 6) is 0.431. The number of epoxide rings is 1. The second kappa shape index (κ2) is 23.5. The number of ether oxygens (including phenoxy) is 2. The summed E-state index contributed by atoms with van der Waals surface area (Å²) in [5.41, 5.74) is 4.06. The molecule has 14 nitrogen and oxygen atoms in total. The van der Waals surface area contributed by atoms with E-state index in [4.69, 9.17) is 15.9 Å². The maximum atomic E-state index is 14.4. The molecule has 2 fully saturated rings. The van der Waals surface area contributed by atoms with E-state index < -0.39 is 47.5 Å². The Morgan fingerprint density at radius 2 is 1.31 bits per heavy atom. The Morgan fingerprint density at radius 1 is 0.763 bits per heavy atom. The van der Waals surface area contributed by atoms with Crippen LogP contribution in [0.4, 0.5) is 0 Å². The molecule has 5 amide bonds. The van der Waals surface area contributed by atoms with E-state index >= 15 is 0 Å². The number of nitrogens with one attached hydrogen (secondary N) is 5. The Hall–Kier alpha value is -5.10. The zero-order valence-corrected chi connectivity index (χ0v) is 35.3. The van der Waals surface area contributed by atoms with E-state index in [-0.39, 0.29) is 55.9 Å². The van der Waals surface area contributed by atoms with Crippen molar-refractivity contribution in [3.63, 3.8) is 0 Å².